The molecule has 0 aromatic heterocycles. The lowest BCUT2D eigenvalue weighted by Gasteiger charge is -2.11. The molecule has 0 saturated carbocycles. The fourth-order valence-electron chi connectivity index (χ4n) is 1.86. The van der Waals surface area contributed by atoms with Crippen molar-refractivity contribution >= 4 is 5.78 Å². The van der Waals surface area contributed by atoms with Gasteiger partial charge in [0, 0.05) is 12.0 Å². The Kier molecular flexibility index (Phi) is 5.75. The summed E-state index contributed by atoms with van der Waals surface area (Å²) in [7, 11) is 0. The molecular formula is C15H22O2. The molecule has 2 nitrogen and oxygen atoms in total. The Balaban J connectivity index is 2.63. The van der Waals surface area contributed by atoms with E-state index in [-0.39, 0.29) is 5.78 Å². The summed E-state index contributed by atoms with van der Waals surface area (Å²) in [4.78, 5) is 12.0. The van der Waals surface area contributed by atoms with Gasteiger partial charge in [-0.1, -0.05) is 26.7 Å². The lowest BCUT2D eigenvalue weighted by atomic mass is 9.94. The SMILES string of the molecule is CCOc1ccc(C(=O)CC(CC)CC)cc1. The molecule has 0 saturated heterocycles. The van der Waals surface area contributed by atoms with Crippen LogP contribution in [0, 0.1) is 5.92 Å². The monoisotopic (exact) mass is 234 g/mol. The van der Waals surface area contributed by atoms with Crippen molar-refractivity contribution < 1.29 is 9.53 Å². The van der Waals surface area contributed by atoms with Crippen molar-refractivity contribution in [1.82, 2.24) is 0 Å². The number of carbonyl (C=O) groups is 1. The first-order valence-electron chi connectivity index (χ1n) is 6.47. The van der Waals surface area contributed by atoms with Crippen LogP contribution in [0.1, 0.15) is 50.4 Å². The van der Waals surface area contributed by atoms with Gasteiger partial charge in [-0.3, -0.25) is 4.79 Å². The summed E-state index contributed by atoms with van der Waals surface area (Å²) in [5.74, 6) is 1.57. The number of benzene rings is 1. The van der Waals surface area contributed by atoms with E-state index >= 15 is 0 Å². The average molecular weight is 234 g/mol. The summed E-state index contributed by atoms with van der Waals surface area (Å²) in [5, 5.41) is 0. The number of hydrogen-bond acceptors (Lipinski definition) is 2. The van der Waals surface area contributed by atoms with Gasteiger partial charge >= 0.3 is 0 Å². The van der Waals surface area contributed by atoms with Crippen LogP contribution >= 0.6 is 0 Å². The highest BCUT2D eigenvalue weighted by Gasteiger charge is 2.12. The van der Waals surface area contributed by atoms with E-state index in [9.17, 15) is 4.79 Å². The molecule has 17 heavy (non-hydrogen) atoms. The van der Waals surface area contributed by atoms with Gasteiger partial charge in [0.1, 0.15) is 5.75 Å². The molecule has 0 heterocycles. The Hall–Kier alpha value is -1.31. The predicted molar refractivity (Wildman–Crippen MR) is 70.6 cm³/mol. The van der Waals surface area contributed by atoms with Crippen molar-refractivity contribution in [1.29, 1.82) is 0 Å². The second-order valence-electron chi connectivity index (χ2n) is 4.27. The minimum Gasteiger partial charge on any atom is -0.494 e. The van der Waals surface area contributed by atoms with Gasteiger partial charge in [0.25, 0.3) is 0 Å². The van der Waals surface area contributed by atoms with E-state index in [1.54, 1.807) is 0 Å². The molecule has 0 radical (unpaired) electrons. The van der Waals surface area contributed by atoms with Crippen LogP contribution in [-0.2, 0) is 0 Å². The predicted octanol–water partition coefficient (Wildman–Crippen LogP) is 4.09. The number of carbonyl (C=O) groups excluding carboxylic acids is 1. The second kappa shape index (κ2) is 7.10. The van der Waals surface area contributed by atoms with Crippen LogP contribution in [0.15, 0.2) is 24.3 Å². The fraction of sp³-hybridized carbons (Fsp3) is 0.533. The summed E-state index contributed by atoms with van der Waals surface area (Å²) < 4.78 is 5.35. The minimum absolute atomic E-state index is 0.238. The molecular weight excluding hydrogens is 212 g/mol. The summed E-state index contributed by atoms with van der Waals surface area (Å²) in [5.41, 5.74) is 0.792. The molecule has 94 valence electrons. The molecule has 0 atom stereocenters. The average Bonchev–Trinajstić information content (AvgIpc) is 2.37. The zero-order chi connectivity index (χ0) is 12.7. The molecule has 1 aromatic rings. The van der Waals surface area contributed by atoms with Crippen LogP contribution in [0.4, 0.5) is 0 Å². The largest absolute Gasteiger partial charge is 0.494 e. The van der Waals surface area contributed by atoms with Gasteiger partial charge < -0.3 is 4.74 Å². The van der Waals surface area contributed by atoms with Gasteiger partial charge in [-0.05, 0) is 37.1 Å². The molecule has 0 aliphatic carbocycles. The molecule has 0 spiro atoms. The van der Waals surface area contributed by atoms with Crippen LogP contribution < -0.4 is 4.74 Å². The molecule has 0 N–H and O–H groups in total. The van der Waals surface area contributed by atoms with Gasteiger partial charge in [0.05, 0.1) is 6.61 Å². The Bertz CT molecular complexity index is 336. The topological polar surface area (TPSA) is 26.3 Å². The van der Waals surface area contributed by atoms with E-state index in [1.807, 2.05) is 31.2 Å². The minimum atomic E-state index is 0.238. The Morgan fingerprint density at radius 1 is 1.12 bits per heavy atom. The van der Waals surface area contributed by atoms with Crippen molar-refractivity contribution in [2.75, 3.05) is 6.61 Å². The highest BCUT2D eigenvalue weighted by atomic mass is 16.5. The molecule has 0 bridgehead atoms. The first-order chi connectivity index (χ1) is 8.21. The Labute approximate surface area is 104 Å². The summed E-state index contributed by atoms with van der Waals surface area (Å²) in [6.07, 6.45) is 2.79. The first kappa shape index (κ1) is 13.8. The van der Waals surface area contributed by atoms with E-state index in [0.717, 1.165) is 24.2 Å². The highest BCUT2D eigenvalue weighted by molar-refractivity contribution is 5.96. The van der Waals surface area contributed by atoms with Crippen molar-refractivity contribution in [3.63, 3.8) is 0 Å². The lowest BCUT2D eigenvalue weighted by molar-refractivity contribution is 0.0958. The molecule has 1 rings (SSSR count). The molecule has 0 aliphatic heterocycles. The normalized spacial score (nSPS) is 10.6. The fourth-order valence-corrected chi connectivity index (χ4v) is 1.86. The third-order valence-electron chi connectivity index (χ3n) is 3.12. The van der Waals surface area contributed by atoms with Crippen molar-refractivity contribution in [3.05, 3.63) is 29.8 Å². The van der Waals surface area contributed by atoms with E-state index in [1.165, 1.54) is 0 Å². The van der Waals surface area contributed by atoms with E-state index in [0.29, 0.717) is 18.9 Å². The third-order valence-corrected chi connectivity index (χ3v) is 3.12. The second-order valence-corrected chi connectivity index (χ2v) is 4.27. The van der Waals surface area contributed by atoms with Crippen LogP contribution in [0.2, 0.25) is 0 Å². The molecule has 1 aromatic carbocycles. The van der Waals surface area contributed by atoms with Crippen LogP contribution in [-0.4, -0.2) is 12.4 Å². The highest BCUT2D eigenvalue weighted by Crippen LogP contribution is 2.18. The van der Waals surface area contributed by atoms with E-state index in [4.69, 9.17) is 4.74 Å². The van der Waals surface area contributed by atoms with Crippen LogP contribution in [0.25, 0.3) is 0 Å². The Morgan fingerprint density at radius 2 is 1.71 bits per heavy atom. The number of Topliss-reactive ketones (excluding diaryl/α,β-unsaturated/α-hetero) is 1. The summed E-state index contributed by atoms with van der Waals surface area (Å²) in [6, 6.07) is 7.44. The zero-order valence-corrected chi connectivity index (χ0v) is 11.0. The van der Waals surface area contributed by atoms with Crippen molar-refractivity contribution in [2.45, 2.75) is 40.0 Å². The van der Waals surface area contributed by atoms with Gasteiger partial charge in [-0.15, -0.1) is 0 Å². The number of rotatable bonds is 7. The maximum atomic E-state index is 12.0. The van der Waals surface area contributed by atoms with Gasteiger partial charge in [-0.25, -0.2) is 0 Å². The maximum Gasteiger partial charge on any atom is 0.163 e. The molecule has 0 amide bonds. The van der Waals surface area contributed by atoms with Gasteiger partial charge in [0.2, 0.25) is 0 Å². The van der Waals surface area contributed by atoms with Crippen LogP contribution in [0.5, 0.6) is 5.75 Å². The van der Waals surface area contributed by atoms with E-state index in [2.05, 4.69) is 13.8 Å². The number of ether oxygens (including phenoxy) is 1. The molecule has 0 fully saturated rings. The number of hydrogen-bond donors (Lipinski definition) is 0. The quantitative estimate of drug-likeness (QED) is 0.664. The Morgan fingerprint density at radius 3 is 2.18 bits per heavy atom. The van der Waals surface area contributed by atoms with Gasteiger partial charge in [-0.2, -0.15) is 0 Å². The summed E-state index contributed by atoms with van der Waals surface area (Å²) in [6.45, 7) is 6.88. The maximum absolute atomic E-state index is 12.0. The molecule has 0 unspecified atom stereocenters. The van der Waals surface area contributed by atoms with Crippen LogP contribution in [0.3, 0.4) is 0 Å². The van der Waals surface area contributed by atoms with Gasteiger partial charge in [0.15, 0.2) is 5.78 Å². The number of ketones is 1. The smallest absolute Gasteiger partial charge is 0.163 e. The van der Waals surface area contributed by atoms with Crippen molar-refractivity contribution in [2.24, 2.45) is 5.92 Å². The lowest BCUT2D eigenvalue weighted by Crippen LogP contribution is -2.07. The molecule has 2 heteroatoms. The standard InChI is InChI=1S/C15H22O2/c1-4-12(5-2)11-15(16)13-7-9-14(10-8-13)17-6-3/h7-10,12H,4-6,11H2,1-3H3. The van der Waals surface area contributed by atoms with Crippen molar-refractivity contribution in [3.8, 4) is 5.75 Å². The summed E-state index contributed by atoms with van der Waals surface area (Å²) >= 11 is 0. The first-order valence-corrected chi connectivity index (χ1v) is 6.47. The third kappa shape index (κ3) is 4.22. The molecule has 0 aliphatic rings. The van der Waals surface area contributed by atoms with E-state index < -0.39 is 0 Å². The zero-order valence-electron chi connectivity index (χ0n) is 11.0.